The predicted octanol–water partition coefficient (Wildman–Crippen LogP) is 5.07. The minimum absolute atomic E-state index is 0.294. The van der Waals surface area contributed by atoms with Crippen LogP contribution in [0.25, 0.3) is 21.3 Å². The summed E-state index contributed by atoms with van der Waals surface area (Å²) in [6.45, 7) is 7.40. The van der Waals surface area contributed by atoms with Crippen molar-refractivity contribution >= 4 is 38.5 Å². The average Bonchev–Trinajstić information content (AvgIpc) is 3.46. The molecule has 0 aliphatic carbocycles. The molecule has 0 saturated carbocycles. The van der Waals surface area contributed by atoms with E-state index in [4.69, 9.17) is 9.97 Å². The maximum Gasteiger partial charge on any atom is 0.236 e. The van der Waals surface area contributed by atoms with Crippen LogP contribution in [0.15, 0.2) is 48.5 Å². The highest BCUT2D eigenvalue weighted by atomic mass is 32.1. The maximum atomic E-state index is 13.0. The van der Waals surface area contributed by atoms with Crippen molar-refractivity contribution < 1.29 is 4.79 Å². The minimum Gasteiger partial charge on any atom is -0.342 e. The summed E-state index contributed by atoms with van der Waals surface area (Å²) in [5.41, 5.74) is 3.42. The molecule has 2 saturated heterocycles. The van der Waals surface area contributed by atoms with E-state index in [-0.39, 0.29) is 0 Å². The largest absolute Gasteiger partial charge is 0.342 e. The molecular formula is C28H33N5OS. The smallest absolute Gasteiger partial charge is 0.236 e. The summed E-state index contributed by atoms with van der Waals surface area (Å²) in [4.78, 5) is 27.1. The summed E-state index contributed by atoms with van der Waals surface area (Å²) in [6.07, 6.45) is 4.31. The molecule has 2 aromatic heterocycles. The molecule has 6 rings (SSSR count). The fraction of sp³-hybridized carbons (Fsp3) is 0.464. The summed E-state index contributed by atoms with van der Waals surface area (Å²) in [5.74, 6) is 2.51. The summed E-state index contributed by atoms with van der Waals surface area (Å²) < 4.78 is 3.64. The topological polar surface area (TPSA) is 54.3 Å². The first-order valence-corrected chi connectivity index (χ1v) is 13.7. The SMILES string of the molecule is Cc1nc2ccccc2n1CC1CCN(CC(=O)N2CCC(c3nc4ccccc4s3)CC2)CC1. The number of aromatic nitrogens is 3. The van der Waals surface area contributed by atoms with Crippen LogP contribution in [-0.2, 0) is 11.3 Å². The number of benzene rings is 2. The van der Waals surface area contributed by atoms with E-state index in [0.717, 1.165) is 75.3 Å². The lowest BCUT2D eigenvalue weighted by atomic mass is 9.96. The van der Waals surface area contributed by atoms with E-state index in [1.807, 2.05) is 11.3 Å². The third kappa shape index (κ3) is 4.71. The van der Waals surface area contributed by atoms with Gasteiger partial charge in [-0.15, -0.1) is 11.3 Å². The second-order valence-electron chi connectivity index (χ2n) is 10.2. The normalized spacial score (nSPS) is 18.6. The van der Waals surface area contributed by atoms with Gasteiger partial charge in [0.25, 0.3) is 0 Å². The molecule has 4 aromatic rings. The van der Waals surface area contributed by atoms with Crippen molar-refractivity contribution in [3.05, 3.63) is 59.4 Å². The molecule has 182 valence electrons. The van der Waals surface area contributed by atoms with Crippen molar-refractivity contribution in [1.82, 2.24) is 24.3 Å². The zero-order valence-electron chi connectivity index (χ0n) is 20.4. The molecule has 0 unspecified atom stereocenters. The first-order chi connectivity index (χ1) is 17.1. The molecule has 2 aliphatic heterocycles. The lowest BCUT2D eigenvalue weighted by molar-refractivity contribution is -0.133. The number of amides is 1. The van der Waals surface area contributed by atoms with Gasteiger partial charge in [-0.05, 0) is 75.9 Å². The number of likely N-dealkylation sites (tertiary alicyclic amines) is 2. The number of hydrogen-bond donors (Lipinski definition) is 0. The molecular weight excluding hydrogens is 454 g/mol. The number of hydrogen-bond acceptors (Lipinski definition) is 5. The van der Waals surface area contributed by atoms with Crippen molar-refractivity contribution in [1.29, 1.82) is 0 Å². The number of fused-ring (bicyclic) bond motifs is 2. The van der Waals surface area contributed by atoms with Crippen molar-refractivity contribution in [2.24, 2.45) is 5.92 Å². The number of para-hydroxylation sites is 3. The quantitative estimate of drug-likeness (QED) is 0.394. The van der Waals surface area contributed by atoms with Gasteiger partial charge in [-0.1, -0.05) is 24.3 Å². The summed E-state index contributed by atoms with van der Waals surface area (Å²) in [5, 5.41) is 1.24. The Hall–Kier alpha value is -2.77. The average molecular weight is 488 g/mol. The highest BCUT2D eigenvalue weighted by molar-refractivity contribution is 7.18. The van der Waals surface area contributed by atoms with Crippen LogP contribution in [0.3, 0.4) is 0 Å². The van der Waals surface area contributed by atoms with Crippen molar-refractivity contribution in [2.75, 3.05) is 32.7 Å². The number of rotatable bonds is 5. The van der Waals surface area contributed by atoms with Crippen molar-refractivity contribution in [3.63, 3.8) is 0 Å². The van der Waals surface area contributed by atoms with Crippen LogP contribution in [0.2, 0.25) is 0 Å². The fourth-order valence-electron chi connectivity index (χ4n) is 5.74. The summed E-state index contributed by atoms with van der Waals surface area (Å²) in [6, 6.07) is 16.8. The molecule has 0 spiro atoms. The van der Waals surface area contributed by atoms with E-state index in [1.54, 1.807) is 0 Å². The summed E-state index contributed by atoms with van der Waals surface area (Å²) >= 11 is 1.82. The molecule has 7 heteroatoms. The second-order valence-corrected chi connectivity index (χ2v) is 11.2. The van der Waals surface area contributed by atoms with Gasteiger partial charge >= 0.3 is 0 Å². The third-order valence-corrected chi connectivity index (χ3v) is 9.06. The Balaban J connectivity index is 0.983. The molecule has 35 heavy (non-hydrogen) atoms. The highest BCUT2D eigenvalue weighted by Crippen LogP contribution is 2.34. The van der Waals surface area contributed by atoms with Gasteiger partial charge in [0.1, 0.15) is 5.82 Å². The van der Waals surface area contributed by atoms with E-state index in [9.17, 15) is 4.79 Å². The minimum atomic E-state index is 0.294. The van der Waals surface area contributed by atoms with Crippen molar-refractivity contribution in [2.45, 2.75) is 45.1 Å². The van der Waals surface area contributed by atoms with Gasteiger partial charge in [0.2, 0.25) is 5.91 Å². The van der Waals surface area contributed by atoms with E-state index in [2.05, 4.69) is 69.8 Å². The Labute approximate surface area is 210 Å². The van der Waals surface area contributed by atoms with Crippen LogP contribution < -0.4 is 0 Å². The number of thiazole rings is 1. The van der Waals surface area contributed by atoms with Gasteiger partial charge < -0.3 is 9.47 Å². The predicted molar refractivity (Wildman–Crippen MR) is 142 cm³/mol. The van der Waals surface area contributed by atoms with Gasteiger partial charge in [-0.25, -0.2) is 9.97 Å². The Bertz CT molecular complexity index is 1290. The van der Waals surface area contributed by atoms with E-state index in [1.165, 1.54) is 15.2 Å². The number of carbonyl (C=O) groups is 1. The van der Waals surface area contributed by atoms with Gasteiger partial charge in [-0.3, -0.25) is 9.69 Å². The highest BCUT2D eigenvalue weighted by Gasteiger charge is 2.28. The van der Waals surface area contributed by atoms with Gasteiger partial charge in [0.05, 0.1) is 32.8 Å². The molecule has 4 heterocycles. The Morgan fingerprint density at radius 1 is 0.914 bits per heavy atom. The Morgan fingerprint density at radius 2 is 1.63 bits per heavy atom. The van der Waals surface area contributed by atoms with Gasteiger partial charge in [0.15, 0.2) is 0 Å². The van der Waals surface area contributed by atoms with Gasteiger partial charge in [-0.2, -0.15) is 0 Å². The zero-order chi connectivity index (χ0) is 23.8. The lowest BCUT2D eigenvalue weighted by Crippen LogP contribution is -2.46. The standard InChI is InChI=1S/C28H33N5OS/c1-20-29-23-6-2-4-8-25(23)33(20)18-21-10-14-31(15-11-21)19-27(34)32-16-12-22(13-17-32)28-30-24-7-3-5-9-26(24)35-28/h2-9,21-22H,10-19H2,1H3. The van der Waals surface area contributed by atoms with E-state index in [0.29, 0.717) is 24.3 Å². The molecule has 0 N–H and O–H groups in total. The third-order valence-electron chi connectivity index (χ3n) is 7.86. The first kappa shape index (κ1) is 22.7. The zero-order valence-corrected chi connectivity index (χ0v) is 21.2. The van der Waals surface area contributed by atoms with Crippen LogP contribution in [0, 0.1) is 12.8 Å². The van der Waals surface area contributed by atoms with Crippen LogP contribution in [-0.4, -0.2) is 63.0 Å². The number of nitrogens with zero attached hydrogens (tertiary/aromatic N) is 5. The second kappa shape index (κ2) is 9.70. The molecule has 0 bridgehead atoms. The van der Waals surface area contributed by atoms with Gasteiger partial charge in [0, 0.05) is 25.6 Å². The maximum absolute atomic E-state index is 13.0. The molecule has 1 amide bonds. The first-order valence-electron chi connectivity index (χ1n) is 12.9. The Kier molecular flexibility index (Phi) is 6.29. The lowest BCUT2D eigenvalue weighted by Gasteiger charge is -2.35. The number of carbonyl (C=O) groups excluding carboxylic acids is 1. The van der Waals surface area contributed by atoms with Crippen LogP contribution >= 0.6 is 11.3 Å². The molecule has 2 aliphatic rings. The Morgan fingerprint density at radius 3 is 2.40 bits per heavy atom. The van der Waals surface area contributed by atoms with Crippen LogP contribution in [0.5, 0.6) is 0 Å². The summed E-state index contributed by atoms with van der Waals surface area (Å²) in [7, 11) is 0. The molecule has 2 fully saturated rings. The van der Waals surface area contributed by atoms with Crippen LogP contribution in [0.4, 0.5) is 0 Å². The number of imidazole rings is 1. The van der Waals surface area contributed by atoms with E-state index >= 15 is 0 Å². The number of aryl methyl sites for hydroxylation is 1. The van der Waals surface area contributed by atoms with Crippen molar-refractivity contribution in [3.8, 4) is 0 Å². The molecule has 0 atom stereocenters. The van der Waals surface area contributed by atoms with Crippen LogP contribution in [0.1, 0.15) is 42.4 Å². The molecule has 0 radical (unpaired) electrons. The molecule has 2 aromatic carbocycles. The number of piperidine rings is 2. The van der Waals surface area contributed by atoms with E-state index < -0.39 is 0 Å². The molecule has 6 nitrogen and oxygen atoms in total. The fourth-order valence-corrected chi connectivity index (χ4v) is 6.88. The monoisotopic (exact) mass is 487 g/mol.